The molecule has 4 nitrogen and oxygen atoms in total. The maximum atomic E-state index is 5.65. The number of aromatic nitrogens is 3. The smallest absolute Gasteiger partial charge is 0.156 e. The normalized spacial score (nSPS) is 10.3. The minimum absolute atomic E-state index is 0.488. The maximum Gasteiger partial charge on any atom is 0.156 e. The van der Waals surface area contributed by atoms with Gasteiger partial charge in [0.2, 0.25) is 0 Å². The standard InChI is InChI=1S/C8H8N4S2/c9-7-8(12-2-1-11-7)13-4-6-3-10-5-14-6/h1-3,5H,4H2,(H2,9,11). The van der Waals surface area contributed by atoms with E-state index in [1.807, 2.05) is 11.7 Å². The van der Waals surface area contributed by atoms with Crippen LogP contribution >= 0.6 is 23.1 Å². The molecule has 2 aromatic rings. The Hall–Kier alpha value is -1.14. The quantitative estimate of drug-likeness (QED) is 0.805. The third kappa shape index (κ3) is 2.21. The van der Waals surface area contributed by atoms with E-state index in [0.29, 0.717) is 5.82 Å². The second kappa shape index (κ2) is 4.39. The summed E-state index contributed by atoms with van der Waals surface area (Å²) in [5.41, 5.74) is 7.47. The first kappa shape index (κ1) is 9.42. The first-order valence-corrected chi connectivity index (χ1v) is 5.79. The first-order valence-electron chi connectivity index (χ1n) is 3.93. The number of hydrogen-bond acceptors (Lipinski definition) is 6. The fourth-order valence-corrected chi connectivity index (χ4v) is 2.42. The van der Waals surface area contributed by atoms with Crippen LogP contribution in [0.5, 0.6) is 0 Å². The maximum absolute atomic E-state index is 5.65. The van der Waals surface area contributed by atoms with E-state index in [4.69, 9.17) is 5.73 Å². The average Bonchev–Trinajstić information content (AvgIpc) is 2.69. The van der Waals surface area contributed by atoms with Crippen LogP contribution in [-0.2, 0) is 5.75 Å². The molecule has 0 radical (unpaired) electrons. The van der Waals surface area contributed by atoms with Gasteiger partial charge in [-0.25, -0.2) is 9.97 Å². The number of nitrogens with two attached hydrogens (primary N) is 1. The van der Waals surface area contributed by atoms with Crippen molar-refractivity contribution < 1.29 is 0 Å². The van der Waals surface area contributed by atoms with Crippen LogP contribution in [0.2, 0.25) is 0 Å². The summed E-state index contributed by atoms with van der Waals surface area (Å²) in [6, 6.07) is 0. The van der Waals surface area contributed by atoms with Gasteiger partial charge < -0.3 is 5.73 Å². The highest BCUT2D eigenvalue weighted by atomic mass is 32.2. The van der Waals surface area contributed by atoms with Crippen molar-refractivity contribution in [3.8, 4) is 0 Å². The minimum atomic E-state index is 0.488. The molecule has 6 heteroatoms. The zero-order valence-electron chi connectivity index (χ0n) is 7.25. The van der Waals surface area contributed by atoms with E-state index in [2.05, 4.69) is 15.0 Å². The Morgan fingerprint density at radius 2 is 2.21 bits per heavy atom. The molecule has 2 N–H and O–H groups in total. The Balaban J connectivity index is 2.02. The highest BCUT2D eigenvalue weighted by Gasteiger charge is 2.02. The molecule has 0 aliphatic carbocycles. The molecular weight excluding hydrogens is 216 g/mol. The van der Waals surface area contributed by atoms with Crippen LogP contribution in [0.15, 0.2) is 29.1 Å². The van der Waals surface area contributed by atoms with E-state index >= 15 is 0 Å². The Morgan fingerprint density at radius 1 is 1.36 bits per heavy atom. The topological polar surface area (TPSA) is 64.7 Å². The van der Waals surface area contributed by atoms with Crippen molar-refractivity contribution in [3.05, 3.63) is 29.0 Å². The zero-order valence-corrected chi connectivity index (χ0v) is 8.88. The van der Waals surface area contributed by atoms with Crippen molar-refractivity contribution in [1.82, 2.24) is 15.0 Å². The van der Waals surface area contributed by atoms with Crippen molar-refractivity contribution in [2.45, 2.75) is 10.8 Å². The van der Waals surface area contributed by atoms with E-state index in [-0.39, 0.29) is 0 Å². The lowest BCUT2D eigenvalue weighted by Crippen LogP contribution is -1.94. The molecule has 0 aliphatic rings. The summed E-state index contributed by atoms with van der Waals surface area (Å²) in [6.07, 6.45) is 5.09. The number of rotatable bonds is 3. The Kier molecular flexibility index (Phi) is 2.95. The molecule has 14 heavy (non-hydrogen) atoms. The number of anilines is 1. The summed E-state index contributed by atoms with van der Waals surface area (Å²) < 4.78 is 0. The fraction of sp³-hybridized carbons (Fsp3) is 0.125. The number of nitrogens with zero attached hydrogens (tertiary/aromatic N) is 3. The lowest BCUT2D eigenvalue weighted by molar-refractivity contribution is 1.07. The van der Waals surface area contributed by atoms with Crippen LogP contribution in [0.3, 0.4) is 0 Å². The Bertz CT molecular complexity index is 401. The highest BCUT2D eigenvalue weighted by molar-refractivity contribution is 7.98. The molecule has 0 spiro atoms. The molecular formula is C8H8N4S2. The third-order valence-corrected chi connectivity index (χ3v) is 3.53. The average molecular weight is 224 g/mol. The number of thiazole rings is 1. The van der Waals surface area contributed by atoms with Crippen LogP contribution in [0.25, 0.3) is 0 Å². The summed E-state index contributed by atoms with van der Waals surface area (Å²) in [6.45, 7) is 0. The van der Waals surface area contributed by atoms with Gasteiger partial charge in [-0.15, -0.1) is 11.3 Å². The molecule has 0 unspecified atom stereocenters. The monoisotopic (exact) mass is 224 g/mol. The van der Waals surface area contributed by atoms with Gasteiger partial charge in [0.1, 0.15) is 5.03 Å². The molecule has 0 bridgehead atoms. The Labute approximate surface area is 89.6 Å². The van der Waals surface area contributed by atoms with Crippen molar-refractivity contribution in [1.29, 1.82) is 0 Å². The van der Waals surface area contributed by atoms with E-state index in [1.165, 1.54) is 4.88 Å². The predicted octanol–water partition coefficient (Wildman–Crippen LogP) is 1.81. The molecule has 2 aromatic heterocycles. The zero-order chi connectivity index (χ0) is 9.80. The highest BCUT2D eigenvalue weighted by Crippen LogP contribution is 2.25. The van der Waals surface area contributed by atoms with E-state index in [0.717, 1.165) is 10.8 Å². The van der Waals surface area contributed by atoms with Crippen LogP contribution < -0.4 is 5.73 Å². The van der Waals surface area contributed by atoms with Crippen molar-refractivity contribution in [2.24, 2.45) is 0 Å². The molecule has 0 saturated carbocycles. The summed E-state index contributed by atoms with van der Waals surface area (Å²) in [5.74, 6) is 1.33. The van der Waals surface area contributed by atoms with Gasteiger partial charge in [0.15, 0.2) is 5.82 Å². The van der Waals surface area contributed by atoms with E-state index in [1.54, 1.807) is 35.5 Å². The van der Waals surface area contributed by atoms with Crippen LogP contribution in [0.4, 0.5) is 5.82 Å². The number of nitrogen functional groups attached to an aromatic ring is 1. The van der Waals surface area contributed by atoms with Crippen LogP contribution in [0, 0.1) is 0 Å². The van der Waals surface area contributed by atoms with Gasteiger partial charge in [-0.05, 0) is 0 Å². The summed E-state index contributed by atoms with van der Waals surface area (Å²) in [4.78, 5) is 13.3. The summed E-state index contributed by atoms with van der Waals surface area (Å²) in [5, 5.41) is 0.779. The van der Waals surface area contributed by atoms with Gasteiger partial charge >= 0.3 is 0 Å². The minimum Gasteiger partial charge on any atom is -0.381 e. The molecule has 2 rings (SSSR count). The largest absolute Gasteiger partial charge is 0.381 e. The van der Waals surface area contributed by atoms with Gasteiger partial charge in [0, 0.05) is 29.2 Å². The van der Waals surface area contributed by atoms with Gasteiger partial charge in [-0.3, -0.25) is 4.98 Å². The molecule has 0 aliphatic heterocycles. The van der Waals surface area contributed by atoms with Crippen molar-refractivity contribution >= 4 is 28.9 Å². The SMILES string of the molecule is Nc1nccnc1SCc1cncs1. The molecule has 0 amide bonds. The molecule has 0 fully saturated rings. The molecule has 72 valence electrons. The number of hydrogen-bond donors (Lipinski definition) is 1. The molecule has 0 saturated heterocycles. The Morgan fingerprint density at radius 3 is 2.93 bits per heavy atom. The predicted molar refractivity (Wildman–Crippen MR) is 58.1 cm³/mol. The van der Waals surface area contributed by atoms with Crippen LogP contribution in [0.1, 0.15) is 4.88 Å². The second-order valence-electron chi connectivity index (χ2n) is 2.50. The molecule has 0 atom stereocenters. The second-order valence-corrected chi connectivity index (χ2v) is 4.44. The fourth-order valence-electron chi connectivity index (χ4n) is 0.900. The van der Waals surface area contributed by atoms with Crippen LogP contribution in [-0.4, -0.2) is 15.0 Å². The van der Waals surface area contributed by atoms with Gasteiger partial charge in [-0.2, -0.15) is 0 Å². The van der Waals surface area contributed by atoms with Crippen molar-refractivity contribution in [3.63, 3.8) is 0 Å². The summed E-state index contributed by atoms with van der Waals surface area (Å²) in [7, 11) is 0. The summed E-state index contributed by atoms with van der Waals surface area (Å²) >= 11 is 3.20. The van der Waals surface area contributed by atoms with Gasteiger partial charge in [0.05, 0.1) is 5.51 Å². The van der Waals surface area contributed by atoms with Crippen molar-refractivity contribution in [2.75, 3.05) is 5.73 Å². The van der Waals surface area contributed by atoms with E-state index in [9.17, 15) is 0 Å². The first-order chi connectivity index (χ1) is 6.86. The third-order valence-electron chi connectivity index (χ3n) is 1.53. The lowest BCUT2D eigenvalue weighted by Gasteiger charge is -2.00. The van der Waals surface area contributed by atoms with Gasteiger partial charge in [-0.1, -0.05) is 11.8 Å². The van der Waals surface area contributed by atoms with Gasteiger partial charge in [0.25, 0.3) is 0 Å². The lowest BCUT2D eigenvalue weighted by atomic mass is 10.6. The molecule has 2 heterocycles. The molecule has 0 aromatic carbocycles. The number of thioether (sulfide) groups is 1. The van der Waals surface area contributed by atoms with E-state index < -0.39 is 0 Å².